The van der Waals surface area contributed by atoms with Gasteiger partial charge >= 0.3 is 11.9 Å². The van der Waals surface area contributed by atoms with Crippen LogP contribution < -0.4 is 4.74 Å². The van der Waals surface area contributed by atoms with Crippen molar-refractivity contribution in [3.8, 4) is 11.5 Å². The molecule has 1 heterocycles. The van der Waals surface area contributed by atoms with Crippen molar-refractivity contribution in [2.75, 3.05) is 21.3 Å². The minimum Gasteiger partial charge on any atom is -0.504 e. The number of pyridine rings is 1. The lowest BCUT2D eigenvalue weighted by molar-refractivity contribution is -0.170. The lowest BCUT2D eigenvalue weighted by Crippen LogP contribution is -2.58. The Kier molecular flexibility index (Phi) is 5.54. The molecule has 0 bridgehead atoms. The molecule has 0 spiro atoms. The van der Waals surface area contributed by atoms with E-state index in [0.717, 1.165) is 14.2 Å². The Morgan fingerprint density at radius 1 is 1.13 bits per heavy atom. The van der Waals surface area contributed by atoms with Crippen molar-refractivity contribution in [2.45, 2.75) is 5.41 Å². The topological polar surface area (TPSA) is 112 Å². The second-order valence-corrected chi connectivity index (χ2v) is 6.92. The molecule has 0 fully saturated rings. The normalized spacial score (nSPS) is 18.8. The molecule has 1 N–H and O–H groups in total. The number of phenolic OH excluding ortho intramolecular Hbond substituents is 1. The third-order valence-electron chi connectivity index (χ3n) is 5.28. The Balaban J connectivity index is 2.56. The fourth-order valence-corrected chi connectivity index (χ4v) is 4.08. The number of esters is 2. The standard InChI is InChI=1S/C21H18ClNO7/c1-28-16-10-14-12(8-15(16)25)4-6-20(18(26)29-2,19(27)30-3)21(14,11-24)13-5-7-23-17(22)9-13/h4-11,25H,1-3H3. The van der Waals surface area contributed by atoms with E-state index in [2.05, 4.69) is 4.98 Å². The average Bonchev–Trinajstić information content (AvgIpc) is 2.76. The molecular formula is C21H18ClNO7. The highest BCUT2D eigenvalue weighted by Gasteiger charge is 2.66. The number of hydrogen-bond donors (Lipinski definition) is 1. The molecule has 156 valence electrons. The zero-order valence-electron chi connectivity index (χ0n) is 16.3. The summed E-state index contributed by atoms with van der Waals surface area (Å²) in [6, 6.07) is 5.59. The van der Waals surface area contributed by atoms with Crippen LogP contribution in [-0.2, 0) is 29.3 Å². The van der Waals surface area contributed by atoms with Gasteiger partial charge in [0.15, 0.2) is 11.5 Å². The zero-order chi connectivity index (χ0) is 22.1. The average molecular weight is 432 g/mol. The fourth-order valence-electron chi connectivity index (χ4n) is 3.90. The number of benzene rings is 1. The van der Waals surface area contributed by atoms with Gasteiger partial charge in [0.2, 0.25) is 5.41 Å². The number of nitrogens with zero attached hydrogens (tertiary/aromatic N) is 1. The zero-order valence-corrected chi connectivity index (χ0v) is 17.1. The van der Waals surface area contributed by atoms with Gasteiger partial charge in [0.25, 0.3) is 0 Å². The first kappa shape index (κ1) is 21.3. The number of carbonyl (C=O) groups is 3. The minimum atomic E-state index is -2.21. The van der Waals surface area contributed by atoms with E-state index in [1.54, 1.807) is 0 Å². The Hall–Kier alpha value is -3.39. The van der Waals surface area contributed by atoms with E-state index in [-0.39, 0.29) is 27.8 Å². The number of methoxy groups -OCH3 is 3. The summed E-state index contributed by atoms with van der Waals surface area (Å²) in [6.45, 7) is 0. The molecule has 0 saturated heterocycles. The van der Waals surface area contributed by atoms with Gasteiger partial charge < -0.3 is 24.1 Å². The molecule has 0 saturated carbocycles. The van der Waals surface area contributed by atoms with Crippen molar-refractivity contribution in [3.63, 3.8) is 0 Å². The third-order valence-corrected chi connectivity index (χ3v) is 5.49. The SMILES string of the molecule is COC(=O)C1(C(=O)OC)C=Cc2cc(O)c(OC)cc2C1(C=O)c1ccnc(Cl)c1. The second-order valence-electron chi connectivity index (χ2n) is 6.53. The van der Waals surface area contributed by atoms with E-state index in [0.29, 0.717) is 11.8 Å². The molecule has 1 unspecified atom stereocenters. The molecule has 1 atom stereocenters. The molecule has 2 aromatic rings. The van der Waals surface area contributed by atoms with E-state index < -0.39 is 22.8 Å². The first-order valence-corrected chi connectivity index (χ1v) is 9.06. The maximum absolute atomic E-state index is 13.1. The van der Waals surface area contributed by atoms with Gasteiger partial charge in [0.05, 0.1) is 21.3 Å². The lowest BCUT2D eigenvalue weighted by atomic mass is 9.54. The molecule has 0 radical (unpaired) electrons. The van der Waals surface area contributed by atoms with Gasteiger partial charge in [-0.15, -0.1) is 0 Å². The molecule has 30 heavy (non-hydrogen) atoms. The second kappa shape index (κ2) is 7.79. The number of hydrogen-bond acceptors (Lipinski definition) is 8. The van der Waals surface area contributed by atoms with Crippen molar-refractivity contribution in [1.82, 2.24) is 4.98 Å². The Morgan fingerprint density at radius 3 is 2.33 bits per heavy atom. The van der Waals surface area contributed by atoms with E-state index in [9.17, 15) is 19.5 Å². The van der Waals surface area contributed by atoms with Gasteiger partial charge in [0, 0.05) is 6.20 Å². The summed E-state index contributed by atoms with van der Waals surface area (Å²) in [6.07, 6.45) is 4.48. The summed E-state index contributed by atoms with van der Waals surface area (Å²) in [5.74, 6) is -2.16. The summed E-state index contributed by atoms with van der Waals surface area (Å²) in [5, 5.41) is 10.2. The van der Waals surface area contributed by atoms with Crippen LogP contribution in [0.5, 0.6) is 11.5 Å². The molecule has 1 aromatic heterocycles. The van der Waals surface area contributed by atoms with Crippen LogP contribution in [0.3, 0.4) is 0 Å². The predicted molar refractivity (Wildman–Crippen MR) is 106 cm³/mol. The van der Waals surface area contributed by atoms with E-state index in [1.165, 1.54) is 49.7 Å². The van der Waals surface area contributed by atoms with E-state index in [4.69, 9.17) is 25.8 Å². The monoisotopic (exact) mass is 431 g/mol. The number of ether oxygens (including phenoxy) is 3. The first-order chi connectivity index (χ1) is 14.3. The molecule has 3 rings (SSSR count). The van der Waals surface area contributed by atoms with Crippen LogP contribution in [-0.4, -0.2) is 49.6 Å². The van der Waals surface area contributed by atoms with Crippen LogP contribution in [0, 0.1) is 5.41 Å². The number of aldehydes is 1. The van der Waals surface area contributed by atoms with Gasteiger partial charge in [-0.1, -0.05) is 23.8 Å². The summed E-state index contributed by atoms with van der Waals surface area (Å²) in [5.41, 5.74) is -3.36. The highest BCUT2D eigenvalue weighted by Crippen LogP contribution is 2.54. The highest BCUT2D eigenvalue weighted by molar-refractivity contribution is 6.29. The summed E-state index contributed by atoms with van der Waals surface area (Å²) >= 11 is 6.07. The van der Waals surface area contributed by atoms with Crippen LogP contribution >= 0.6 is 11.6 Å². The van der Waals surface area contributed by atoms with Gasteiger partial charge in [-0.05, 0) is 41.0 Å². The molecule has 1 aromatic carbocycles. The third kappa shape index (κ3) is 2.75. The number of fused-ring (bicyclic) bond motifs is 1. The van der Waals surface area contributed by atoms with Crippen LogP contribution in [0.2, 0.25) is 5.15 Å². The molecule has 0 aliphatic heterocycles. The number of halogens is 1. The Bertz CT molecular complexity index is 1050. The van der Waals surface area contributed by atoms with Crippen molar-refractivity contribution < 1.29 is 33.7 Å². The van der Waals surface area contributed by atoms with E-state index in [1.807, 2.05) is 0 Å². The number of aromatic nitrogens is 1. The number of rotatable bonds is 5. The van der Waals surface area contributed by atoms with Crippen LogP contribution in [0.15, 0.2) is 36.5 Å². The largest absolute Gasteiger partial charge is 0.504 e. The van der Waals surface area contributed by atoms with Crippen molar-refractivity contribution >= 4 is 35.9 Å². The summed E-state index contributed by atoms with van der Waals surface area (Å²) in [4.78, 5) is 43.0. The Morgan fingerprint density at radius 2 is 1.80 bits per heavy atom. The van der Waals surface area contributed by atoms with Crippen LogP contribution in [0.4, 0.5) is 0 Å². The molecule has 1 aliphatic rings. The smallest absolute Gasteiger partial charge is 0.328 e. The van der Waals surface area contributed by atoms with Gasteiger partial charge in [0.1, 0.15) is 16.9 Å². The highest BCUT2D eigenvalue weighted by atomic mass is 35.5. The van der Waals surface area contributed by atoms with Gasteiger partial charge in [-0.25, -0.2) is 4.98 Å². The summed E-state index contributed by atoms with van der Waals surface area (Å²) in [7, 11) is 3.53. The molecule has 8 nitrogen and oxygen atoms in total. The summed E-state index contributed by atoms with van der Waals surface area (Å²) < 4.78 is 15.1. The minimum absolute atomic E-state index is 0.0408. The molecule has 0 amide bonds. The van der Waals surface area contributed by atoms with Gasteiger partial charge in [-0.3, -0.25) is 9.59 Å². The van der Waals surface area contributed by atoms with Crippen molar-refractivity contribution in [3.05, 3.63) is 58.4 Å². The quantitative estimate of drug-likeness (QED) is 0.332. The molecule has 9 heteroatoms. The lowest BCUT2D eigenvalue weighted by Gasteiger charge is -2.44. The van der Waals surface area contributed by atoms with Crippen molar-refractivity contribution in [1.29, 1.82) is 0 Å². The number of aromatic hydroxyl groups is 1. The van der Waals surface area contributed by atoms with E-state index >= 15 is 0 Å². The number of carbonyl (C=O) groups excluding carboxylic acids is 3. The Labute approximate surface area is 177 Å². The van der Waals surface area contributed by atoms with Crippen LogP contribution in [0.1, 0.15) is 16.7 Å². The van der Waals surface area contributed by atoms with Crippen molar-refractivity contribution in [2.24, 2.45) is 5.41 Å². The van der Waals surface area contributed by atoms with Crippen LogP contribution in [0.25, 0.3) is 6.08 Å². The maximum atomic E-state index is 13.1. The first-order valence-electron chi connectivity index (χ1n) is 8.68. The maximum Gasteiger partial charge on any atom is 0.328 e. The van der Waals surface area contributed by atoms with Gasteiger partial charge in [-0.2, -0.15) is 0 Å². The predicted octanol–water partition coefficient (Wildman–Crippen LogP) is 2.29. The number of phenols is 1. The molecular weight excluding hydrogens is 414 g/mol. The fraction of sp³-hybridized carbons (Fsp3) is 0.238. The molecule has 1 aliphatic carbocycles.